The SMILES string of the molecule is COC(=O)[C@@H]1C/C=C\Cn2cc(c3ccccc32)CCCC(=O)N[C@H](CCCCN)C(=O)N1.Cl. The Labute approximate surface area is 206 Å². The number of nitrogens with zero attached hydrogens (tertiary/aromatic N) is 1. The number of nitrogens with one attached hydrogen (secondary N) is 2. The molecule has 0 aliphatic carbocycles. The number of aryl methyl sites for hydroxylation is 1. The Bertz CT molecular complexity index is 1000. The molecule has 2 amide bonds. The number of amides is 2. The van der Waals surface area contributed by atoms with Crippen molar-refractivity contribution in [3.05, 3.63) is 48.2 Å². The molecule has 1 aliphatic heterocycles. The van der Waals surface area contributed by atoms with Crippen molar-refractivity contribution in [1.82, 2.24) is 15.2 Å². The van der Waals surface area contributed by atoms with Crippen molar-refractivity contribution < 1.29 is 19.1 Å². The monoisotopic (exact) mass is 490 g/mol. The van der Waals surface area contributed by atoms with Gasteiger partial charge in [-0.3, -0.25) is 9.59 Å². The summed E-state index contributed by atoms with van der Waals surface area (Å²) >= 11 is 0. The summed E-state index contributed by atoms with van der Waals surface area (Å²) < 4.78 is 7.04. The van der Waals surface area contributed by atoms with E-state index in [1.54, 1.807) is 0 Å². The second-order valence-electron chi connectivity index (χ2n) is 8.37. The van der Waals surface area contributed by atoms with E-state index in [9.17, 15) is 14.4 Å². The Morgan fingerprint density at radius 1 is 1.15 bits per heavy atom. The van der Waals surface area contributed by atoms with Crippen molar-refractivity contribution in [2.75, 3.05) is 13.7 Å². The van der Waals surface area contributed by atoms with Gasteiger partial charge in [-0.15, -0.1) is 12.4 Å². The van der Waals surface area contributed by atoms with Crippen LogP contribution in [-0.4, -0.2) is 48.1 Å². The average molecular weight is 491 g/mol. The number of rotatable bonds is 5. The molecule has 2 atom stereocenters. The Kier molecular flexibility index (Phi) is 11.1. The van der Waals surface area contributed by atoms with E-state index in [-0.39, 0.29) is 24.2 Å². The summed E-state index contributed by atoms with van der Waals surface area (Å²) in [4.78, 5) is 37.9. The quantitative estimate of drug-likeness (QED) is 0.338. The van der Waals surface area contributed by atoms with Crippen molar-refractivity contribution in [3.8, 4) is 0 Å². The highest BCUT2D eigenvalue weighted by Gasteiger charge is 2.26. The summed E-state index contributed by atoms with van der Waals surface area (Å²) in [7, 11) is 1.30. The number of hydrogen-bond acceptors (Lipinski definition) is 5. The zero-order valence-electron chi connectivity index (χ0n) is 19.6. The molecule has 0 spiro atoms. The molecule has 1 aromatic carbocycles. The first-order valence-corrected chi connectivity index (χ1v) is 11.6. The third-order valence-corrected chi connectivity index (χ3v) is 5.96. The largest absolute Gasteiger partial charge is 0.467 e. The van der Waals surface area contributed by atoms with E-state index in [1.807, 2.05) is 24.3 Å². The number of methoxy groups -OCH3 is 1. The molecule has 0 unspecified atom stereocenters. The van der Waals surface area contributed by atoms with E-state index in [0.717, 1.165) is 18.4 Å². The molecule has 2 bridgehead atoms. The number of aromatic nitrogens is 1. The number of carbonyl (C=O) groups excluding carboxylic acids is 3. The number of esters is 1. The van der Waals surface area contributed by atoms with Gasteiger partial charge in [0.25, 0.3) is 0 Å². The third-order valence-electron chi connectivity index (χ3n) is 5.96. The van der Waals surface area contributed by atoms with E-state index >= 15 is 0 Å². The van der Waals surface area contributed by atoms with Gasteiger partial charge < -0.3 is 25.7 Å². The maximum absolute atomic E-state index is 12.9. The minimum atomic E-state index is -0.822. The third kappa shape index (κ3) is 7.33. The highest BCUT2D eigenvalue weighted by atomic mass is 35.5. The maximum Gasteiger partial charge on any atom is 0.328 e. The van der Waals surface area contributed by atoms with Crippen LogP contribution in [0.25, 0.3) is 10.9 Å². The Balaban J connectivity index is 0.00000408. The van der Waals surface area contributed by atoms with Crippen molar-refractivity contribution in [2.24, 2.45) is 5.73 Å². The van der Waals surface area contributed by atoms with Crippen LogP contribution in [0.4, 0.5) is 0 Å². The standard InChI is InChI=1S/C25H34N4O4.ClH/c1-33-25(32)21-12-5-7-16-29-17-18(19-10-2-3-13-22(19)29)9-8-14-23(30)27-20(24(31)28-21)11-4-6-15-26;/h2-3,5,7,10,13,17,20-21H,4,6,8-9,11-12,14-16,26H2,1H3,(H,27,30)(H,28,31);1H/b7-5-;/t20-,21+;/m1./s1. The average Bonchev–Trinajstić information content (AvgIpc) is 3.17. The molecule has 4 N–H and O–H groups in total. The fourth-order valence-corrected chi connectivity index (χ4v) is 4.19. The molecule has 0 radical (unpaired) electrons. The molecular formula is C25H35ClN4O4. The van der Waals surface area contributed by atoms with Gasteiger partial charge in [0.05, 0.1) is 7.11 Å². The van der Waals surface area contributed by atoms with E-state index in [4.69, 9.17) is 10.5 Å². The van der Waals surface area contributed by atoms with Crippen LogP contribution in [0.5, 0.6) is 0 Å². The van der Waals surface area contributed by atoms with Crippen LogP contribution in [-0.2, 0) is 32.1 Å². The second kappa shape index (κ2) is 13.8. The Morgan fingerprint density at radius 3 is 2.71 bits per heavy atom. The van der Waals surface area contributed by atoms with E-state index in [2.05, 4.69) is 33.5 Å². The van der Waals surface area contributed by atoms with E-state index in [0.29, 0.717) is 45.2 Å². The number of halogens is 1. The molecule has 2 aromatic rings. The van der Waals surface area contributed by atoms with Crippen molar-refractivity contribution in [3.63, 3.8) is 0 Å². The van der Waals surface area contributed by atoms with Gasteiger partial charge in [-0.2, -0.15) is 0 Å². The Morgan fingerprint density at radius 2 is 1.94 bits per heavy atom. The fourth-order valence-electron chi connectivity index (χ4n) is 4.19. The van der Waals surface area contributed by atoms with Crippen molar-refractivity contribution >= 4 is 41.1 Å². The lowest BCUT2D eigenvalue weighted by Gasteiger charge is -2.22. The summed E-state index contributed by atoms with van der Waals surface area (Å²) in [6.07, 6.45) is 10.0. The minimum absolute atomic E-state index is 0. The van der Waals surface area contributed by atoms with Crippen LogP contribution in [0, 0.1) is 0 Å². The summed E-state index contributed by atoms with van der Waals surface area (Å²) in [5.74, 6) is -1.07. The number of hydrogen-bond donors (Lipinski definition) is 3. The zero-order valence-corrected chi connectivity index (χ0v) is 20.4. The predicted molar refractivity (Wildman–Crippen MR) is 135 cm³/mol. The number of ether oxygens (including phenoxy) is 1. The van der Waals surface area contributed by atoms with Crippen LogP contribution in [0.15, 0.2) is 42.6 Å². The van der Waals surface area contributed by atoms with Gasteiger partial charge in [0.2, 0.25) is 11.8 Å². The number of nitrogens with two attached hydrogens (primary N) is 1. The summed E-state index contributed by atoms with van der Waals surface area (Å²) in [5, 5.41) is 6.80. The molecule has 1 aliphatic rings. The van der Waals surface area contributed by atoms with Gasteiger partial charge in [0, 0.05) is 30.1 Å². The van der Waals surface area contributed by atoms with E-state index < -0.39 is 18.1 Å². The zero-order chi connectivity index (χ0) is 23.6. The van der Waals surface area contributed by atoms with Crippen LogP contribution >= 0.6 is 12.4 Å². The van der Waals surface area contributed by atoms with Crippen LogP contribution in [0.3, 0.4) is 0 Å². The van der Waals surface area contributed by atoms with Crippen LogP contribution in [0.1, 0.15) is 44.1 Å². The van der Waals surface area contributed by atoms with Crippen molar-refractivity contribution in [1.29, 1.82) is 0 Å². The lowest BCUT2D eigenvalue weighted by molar-refractivity contribution is -0.145. The molecule has 0 fully saturated rings. The lowest BCUT2D eigenvalue weighted by atomic mass is 10.1. The number of unbranched alkanes of at least 4 members (excludes halogenated alkanes) is 1. The number of fused-ring (bicyclic) bond motifs is 5. The van der Waals surface area contributed by atoms with Crippen LogP contribution < -0.4 is 16.4 Å². The second-order valence-corrected chi connectivity index (χ2v) is 8.37. The van der Waals surface area contributed by atoms with Crippen LogP contribution in [0.2, 0.25) is 0 Å². The molecule has 186 valence electrons. The maximum atomic E-state index is 12.9. The molecule has 0 saturated carbocycles. The highest BCUT2D eigenvalue weighted by molar-refractivity contribution is 5.91. The molecule has 3 rings (SSSR count). The predicted octanol–water partition coefficient (Wildman–Crippen LogP) is 2.62. The summed E-state index contributed by atoms with van der Waals surface area (Å²) in [6.45, 7) is 1.16. The first-order valence-electron chi connectivity index (χ1n) is 11.6. The van der Waals surface area contributed by atoms with Gasteiger partial charge in [0.1, 0.15) is 12.1 Å². The highest BCUT2D eigenvalue weighted by Crippen LogP contribution is 2.23. The summed E-state index contributed by atoms with van der Waals surface area (Å²) in [5.41, 5.74) is 7.91. The normalized spacial score (nSPS) is 20.6. The first kappa shape index (κ1) is 27.4. The number of benzene rings is 1. The molecule has 0 saturated heterocycles. The molecular weight excluding hydrogens is 456 g/mol. The molecule has 1 aromatic heterocycles. The number of carbonyl (C=O) groups is 3. The van der Waals surface area contributed by atoms with Crippen molar-refractivity contribution in [2.45, 2.75) is 63.6 Å². The fraction of sp³-hybridized carbons (Fsp3) is 0.480. The number of allylic oxidation sites excluding steroid dienone is 1. The van der Waals surface area contributed by atoms with Gasteiger partial charge in [-0.05, 0) is 56.7 Å². The smallest absolute Gasteiger partial charge is 0.328 e. The molecule has 8 nitrogen and oxygen atoms in total. The van der Waals surface area contributed by atoms with E-state index in [1.165, 1.54) is 18.1 Å². The van der Waals surface area contributed by atoms with Gasteiger partial charge in [0.15, 0.2) is 0 Å². The topological polar surface area (TPSA) is 115 Å². The first-order chi connectivity index (χ1) is 16.0. The molecule has 9 heteroatoms. The minimum Gasteiger partial charge on any atom is -0.467 e. The lowest BCUT2D eigenvalue weighted by Crippen LogP contribution is -2.51. The molecule has 34 heavy (non-hydrogen) atoms. The number of para-hydroxylation sites is 1. The van der Waals surface area contributed by atoms with Gasteiger partial charge >= 0.3 is 5.97 Å². The Hall–Kier alpha value is -2.84. The van der Waals surface area contributed by atoms with Gasteiger partial charge in [-0.1, -0.05) is 30.4 Å². The molecule has 2 heterocycles. The summed E-state index contributed by atoms with van der Waals surface area (Å²) in [6, 6.07) is 6.67. The van der Waals surface area contributed by atoms with Gasteiger partial charge in [-0.25, -0.2) is 4.79 Å².